The quantitative estimate of drug-likeness (QED) is 0.518. The molecule has 28 heavy (non-hydrogen) atoms. The van der Waals surface area contributed by atoms with Crippen LogP contribution < -0.4 is 10.1 Å². The molecule has 1 amide bonds. The van der Waals surface area contributed by atoms with Crippen LogP contribution >= 0.6 is 0 Å². The van der Waals surface area contributed by atoms with Gasteiger partial charge in [0.2, 0.25) is 0 Å². The summed E-state index contributed by atoms with van der Waals surface area (Å²) >= 11 is 0. The number of carbonyl (C=O) groups excluding carboxylic acids is 2. The highest BCUT2D eigenvalue weighted by molar-refractivity contribution is 5.96. The monoisotopic (exact) mass is 380 g/mol. The molecule has 144 valence electrons. The van der Waals surface area contributed by atoms with Crippen molar-refractivity contribution in [3.63, 3.8) is 0 Å². The van der Waals surface area contributed by atoms with Crippen molar-refractivity contribution in [1.29, 1.82) is 0 Å². The van der Waals surface area contributed by atoms with Crippen molar-refractivity contribution >= 4 is 34.5 Å². The summed E-state index contributed by atoms with van der Waals surface area (Å²) in [6.07, 6.45) is 1.95. The van der Waals surface area contributed by atoms with E-state index < -0.39 is 18.0 Å². The average molecular weight is 380 g/mol. The maximum atomic E-state index is 12.0. The van der Waals surface area contributed by atoms with Gasteiger partial charge in [0.25, 0.3) is 5.91 Å². The maximum Gasteiger partial charge on any atom is 0.331 e. The van der Waals surface area contributed by atoms with Crippen molar-refractivity contribution in [2.75, 3.05) is 12.4 Å². The normalized spacial score (nSPS) is 12.1. The van der Waals surface area contributed by atoms with Gasteiger partial charge in [0, 0.05) is 12.1 Å². The highest BCUT2D eigenvalue weighted by atomic mass is 16.5. The molecule has 0 aliphatic heterocycles. The minimum absolute atomic E-state index is 0.272. The van der Waals surface area contributed by atoms with E-state index in [2.05, 4.69) is 10.5 Å². The summed E-state index contributed by atoms with van der Waals surface area (Å²) in [5.41, 5.74) is 0.838. The van der Waals surface area contributed by atoms with Crippen molar-refractivity contribution in [3.8, 4) is 5.75 Å². The van der Waals surface area contributed by atoms with Crippen molar-refractivity contribution in [2.24, 2.45) is 0 Å². The van der Waals surface area contributed by atoms with Crippen LogP contribution in [0.15, 0.2) is 53.1 Å². The predicted molar refractivity (Wildman–Crippen MR) is 105 cm³/mol. The summed E-state index contributed by atoms with van der Waals surface area (Å²) in [5.74, 6) is 0.515. The van der Waals surface area contributed by atoms with Gasteiger partial charge in [-0.2, -0.15) is 0 Å². The van der Waals surface area contributed by atoms with Crippen molar-refractivity contribution in [1.82, 2.24) is 5.16 Å². The molecule has 3 aromatic rings. The van der Waals surface area contributed by atoms with E-state index in [9.17, 15) is 9.59 Å². The first kappa shape index (κ1) is 19.2. The fourth-order valence-electron chi connectivity index (χ4n) is 2.56. The molecular weight excluding hydrogens is 360 g/mol. The second-order valence-electron chi connectivity index (χ2n) is 6.20. The highest BCUT2D eigenvalue weighted by Gasteiger charge is 2.18. The predicted octanol–water partition coefficient (Wildman–Crippen LogP) is 3.73. The summed E-state index contributed by atoms with van der Waals surface area (Å²) in [6.45, 7) is 3.19. The fraction of sp³-hybridized carbons (Fsp3) is 0.190. The number of anilines is 1. The molecule has 7 heteroatoms. The molecule has 0 aliphatic carbocycles. The molecule has 7 nitrogen and oxygen atoms in total. The van der Waals surface area contributed by atoms with Gasteiger partial charge in [-0.25, -0.2) is 4.79 Å². The van der Waals surface area contributed by atoms with Gasteiger partial charge >= 0.3 is 5.97 Å². The van der Waals surface area contributed by atoms with Crippen LogP contribution in [0, 0.1) is 6.92 Å². The van der Waals surface area contributed by atoms with Crippen LogP contribution in [0.1, 0.15) is 18.2 Å². The SMILES string of the molecule is COc1ccc2cc(/C=C/C(=O)O[C@H](C)C(=O)Nc3cc(C)on3)ccc2c1. The number of fused-ring (bicyclic) bond motifs is 1. The summed E-state index contributed by atoms with van der Waals surface area (Å²) in [4.78, 5) is 24.0. The third-order valence-electron chi connectivity index (χ3n) is 4.02. The van der Waals surface area contributed by atoms with Crippen LogP contribution in [-0.2, 0) is 14.3 Å². The lowest BCUT2D eigenvalue weighted by molar-refractivity contribution is -0.148. The van der Waals surface area contributed by atoms with Crippen LogP contribution in [0.25, 0.3) is 16.8 Å². The summed E-state index contributed by atoms with van der Waals surface area (Å²) in [7, 11) is 1.62. The number of nitrogens with one attached hydrogen (secondary N) is 1. The second-order valence-corrected chi connectivity index (χ2v) is 6.20. The Morgan fingerprint density at radius 1 is 1.14 bits per heavy atom. The van der Waals surface area contributed by atoms with E-state index in [-0.39, 0.29) is 5.82 Å². The van der Waals surface area contributed by atoms with Crippen molar-refractivity contribution in [2.45, 2.75) is 20.0 Å². The Morgan fingerprint density at radius 2 is 1.89 bits per heavy atom. The zero-order valence-electron chi connectivity index (χ0n) is 15.8. The molecule has 3 rings (SSSR count). The lowest BCUT2D eigenvalue weighted by Gasteiger charge is -2.10. The largest absolute Gasteiger partial charge is 0.497 e. The molecule has 0 bridgehead atoms. The zero-order chi connectivity index (χ0) is 20.1. The van der Waals surface area contributed by atoms with E-state index in [1.54, 1.807) is 26.2 Å². The van der Waals surface area contributed by atoms with Crippen LogP contribution in [0.5, 0.6) is 5.75 Å². The van der Waals surface area contributed by atoms with Gasteiger partial charge in [-0.15, -0.1) is 0 Å². The molecule has 0 unspecified atom stereocenters. The molecule has 2 aromatic carbocycles. The molecule has 0 radical (unpaired) electrons. The first-order valence-electron chi connectivity index (χ1n) is 8.65. The van der Waals surface area contributed by atoms with E-state index >= 15 is 0 Å². The van der Waals surface area contributed by atoms with E-state index in [0.717, 1.165) is 22.1 Å². The number of esters is 1. The number of aryl methyl sites for hydroxylation is 1. The number of ether oxygens (including phenoxy) is 2. The van der Waals surface area contributed by atoms with E-state index in [0.29, 0.717) is 5.76 Å². The average Bonchev–Trinajstić information content (AvgIpc) is 3.10. The second kappa shape index (κ2) is 8.39. The molecule has 0 spiro atoms. The third-order valence-corrected chi connectivity index (χ3v) is 4.02. The molecular formula is C21H20N2O5. The smallest absolute Gasteiger partial charge is 0.331 e. The number of nitrogens with zero attached hydrogens (tertiary/aromatic N) is 1. The number of amides is 1. The van der Waals surface area contributed by atoms with Crippen LogP contribution in [-0.4, -0.2) is 30.2 Å². The zero-order valence-corrected chi connectivity index (χ0v) is 15.8. The standard InChI is InChI=1S/C21H20N2O5/c1-13-10-19(23-28-13)22-21(25)14(2)27-20(24)9-5-15-4-6-17-12-18(26-3)8-7-16(17)11-15/h4-12,14H,1-3H3,(H,22,23,25)/b9-5+/t14-/m1/s1. The fourth-order valence-corrected chi connectivity index (χ4v) is 2.56. The highest BCUT2D eigenvalue weighted by Crippen LogP contribution is 2.22. The minimum Gasteiger partial charge on any atom is -0.497 e. The van der Waals surface area contributed by atoms with Crippen molar-refractivity contribution in [3.05, 3.63) is 59.9 Å². The Kier molecular flexibility index (Phi) is 5.74. The lowest BCUT2D eigenvalue weighted by Crippen LogP contribution is -2.29. The molecule has 1 aromatic heterocycles. The van der Waals surface area contributed by atoms with E-state index in [1.165, 1.54) is 13.0 Å². The molecule has 0 fully saturated rings. The lowest BCUT2D eigenvalue weighted by atomic mass is 10.1. The van der Waals surface area contributed by atoms with Gasteiger partial charge < -0.3 is 19.3 Å². The van der Waals surface area contributed by atoms with Crippen molar-refractivity contribution < 1.29 is 23.6 Å². The number of benzene rings is 2. The molecule has 1 atom stereocenters. The maximum absolute atomic E-state index is 12.0. The number of methoxy groups -OCH3 is 1. The van der Waals surface area contributed by atoms with Gasteiger partial charge in [-0.1, -0.05) is 23.4 Å². The van der Waals surface area contributed by atoms with Gasteiger partial charge in [-0.3, -0.25) is 4.79 Å². The number of hydrogen-bond acceptors (Lipinski definition) is 6. The number of carbonyl (C=O) groups is 2. The van der Waals surface area contributed by atoms with Crippen LogP contribution in [0.2, 0.25) is 0 Å². The molecule has 1 heterocycles. The Hall–Kier alpha value is -3.61. The van der Waals surface area contributed by atoms with Gasteiger partial charge in [0.15, 0.2) is 11.9 Å². The topological polar surface area (TPSA) is 90.7 Å². The van der Waals surface area contributed by atoms with E-state index in [4.69, 9.17) is 14.0 Å². The Morgan fingerprint density at radius 3 is 2.61 bits per heavy atom. The first-order chi connectivity index (χ1) is 13.4. The van der Waals surface area contributed by atoms with Crippen LogP contribution in [0.3, 0.4) is 0 Å². The summed E-state index contributed by atoms with van der Waals surface area (Å²) in [6, 6.07) is 13.1. The van der Waals surface area contributed by atoms with Gasteiger partial charge in [0.05, 0.1) is 7.11 Å². The molecule has 0 saturated heterocycles. The molecule has 0 aliphatic rings. The Bertz CT molecular complexity index is 1040. The van der Waals surface area contributed by atoms with E-state index in [1.807, 2.05) is 36.4 Å². The van der Waals surface area contributed by atoms with Gasteiger partial charge in [-0.05, 0) is 54.5 Å². The summed E-state index contributed by atoms with van der Waals surface area (Å²) < 4.78 is 15.2. The number of rotatable bonds is 6. The third kappa shape index (κ3) is 4.76. The number of hydrogen-bond donors (Lipinski definition) is 1. The van der Waals surface area contributed by atoms with Gasteiger partial charge in [0.1, 0.15) is 11.5 Å². The minimum atomic E-state index is -0.974. The Labute approximate surface area is 161 Å². The first-order valence-corrected chi connectivity index (χ1v) is 8.65. The Balaban J connectivity index is 1.59. The molecule has 1 N–H and O–H groups in total. The van der Waals surface area contributed by atoms with Crippen LogP contribution in [0.4, 0.5) is 5.82 Å². The number of aromatic nitrogens is 1. The summed E-state index contributed by atoms with van der Waals surface area (Å²) in [5, 5.41) is 8.23. The molecule has 0 saturated carbocycles.